The number of aromatic nitrogens is 1. The van der Waals surface area contributed by atoms with Gasteiger partial charge in [0.15, 0.2) is 0 Å². The summed E-state index contributed by atoms with van der Waals surface area (Å²) in [7, 11) is 0. The zero-order valence-electron chi connectivity index (χ0n) is 7.66. The summed E-state index contributed by atoms with van der Waals surface area (Å²) in [6.45, 7) is 3.62. The Balaban J connectivity index is 2.97. The topological polar surface area (TPSA) is 59.1 Å². The van der Waals surface area contributed by atoms with Crippen LogP contribution in [-0.4, -0.2) is 16.2 Å². The first-order valence-electron chi connectivity index (χ1n) is 4.08. The van der Waals surface area contributed by atoms with Crippen LogP contribution < -0.4 is 5.73 Å². The number of aliphatic hydroxyl groups excluding tert-OH is 1. The molecule has 1 aromatic heterocycles. The van der Waals surface area contributed by atoms with Gasteiger partial charge in [-0.1, -0.05) is 0 Å². The lowest BCUT2D eigenvalue weighted by atomic mass is 10.1. The number of aryl methyl sites for hydroxylation is 1. The molecular weight excluding hydrogens is 232 g/mol. The summed E-state index contributed by atoms with van der Waals surface area (Å²) in [6.07, 6.45) is 1.13. The number of hydrogen-bond donors (Lipinski definition) is 2. The van der Waals surface area contributed by atoms with Gasteiger partial charge in [0, 0.05) is 10.7 Å². The number of nitrogens with zero attached hydrogens (tertiary/aromatic N) is 1. The predicted octanol–water partition coefficient (Wildman–Crippen LogP) is 1.53. The van der Waals surface area contributed by atoms with Crippen molar-refractivity contribution in [2.24, 2.45) is 5.73 Å². The Morgan fingerprint density at radius 2 is 2.23 bits per heavy atom. The van der Waals surface area contributed by atoms with E-state index < -0.39 is 12.1 Å². The van der Waals surface area contributed by atoms with E-state index in [-0.39, 0.29) is 0 Å². The number of halogens is 1. The molecule has 0 aliphatic carbocycles. The molecule has 0 radical (unpaired) electrons. The van der Waals surface area contributed by atoms with Crippen LogP contribution in [0.2, 0.25) is 0 Å². The third kappa shape index (κ3) is 2.49. The molecular formula is C9H13BrN2O. The molecule has 0 spiro atoms. The second kappa shape index (κ2) is 4.17. The second-order valence-corrected chi connectivity index (χ2v) is 3.98. The van der Waals surface area contributed by atoms with Crippen LogP contribution in [-0.2, 0) is 0 Å². The summed E-state index contributed by atoms with van der Waals surface area (Å²) in [5, 5.41) is 9.26. The van der Waals surface area contributed by atoms with E-state index in [9.17, 15) is 5.11 Å². The Bertz CT molecular complexity index is 302. The molecule has 0 aliphatic rings. The smallest absolute Gasteiger partial charge is 0.0731 e. The van der Waals surface area contributed by atoms with Crippen molar-refractivity contribution in [1.82, 2.24) is 4.98 Å². The van der Waals surface area contributed by atoms with Crippen LogP contribution >= 0.6 is 15.9 Å². The lowest BCUT2D eigenvalue weighted by Gasteiger charge is -2.14. The molecule has 0 bridgehead atoms. The standard InChI is InChI=1S/C9H13BrN2O/c1-5-3-8(9(11)6(2)13)12-4-7(5)10/h3-4,6,9,13H,11H2,1-2H3/t6-,9-/m1/s1. The van der Waals surface area contributed by atoms with E-state index in [1.165, 1.54) is 0 Å². The number of rotatable bonds is 2. The third-order valence-electron chi connectivity index (χ3n) is 1.93. The molecule has 2 atom stereocenters. The highest BCUT2D eigenvalue weighted by molar-refractivity contribution is 9.10. The summed E-state index contributed by atoms with van der Waals surface area (Å²) in [5.41, 5.74) is 7.52. The monoisotopic (exact) mass is 244 g/mol. The number of pyridine rings is 1. The zero-order chi connectivity index (χ0) is 10.0. The largest absolute Gasteiger partial charge is 0.391 e. The first-order valence-corrected chi connectivity index (χ1v) is 4.87. The summed E-state index contributed by atoms with van der Waals surface area (Å²) in [4.78, 5) is 4.13. The van der Waals surface area contributed by atoms with Gasteiger partial charge in [-0.15, -0.1) is 0 Å². The van der Waals surface area contributed by atoms with Crippen LogP contribution in [0.25, 0.3) is 0 Å². The first kappa shape index (κ1) is 10.6. The molecule has 13 heavy (non-hydrogen) atoms. The van der Waals surface area contributed by atoms with Crippen LogP contribution in [0.5, 0.6) is 0 Å². The molecule has 3 nitrogen and oxygen atoms in total. The van der Waals surface area contributed by atoms with Crippen molar-refractivity contribution in [2.45, 2.75) is 26.0 Å². The molecule has 1 rings (SSSR count). The van der Waals surface area contributed by atoms with Crippen LogP contribution in [0.15, 0.2) is 16.7 Å². The van der Waals surface area contributed by atoms with Gasteiger partial charge in [0.25, 0.3) is 0 Å². The van der Waals surface area contributed by atoms with Crippen LogP contribution in [0, 0.1) is 6.92 Å². The Morgan fingerprint density at radius 1 is 1.62 bits per heavy atom. The highest BCUT2D eigenvalue weighted by Crippen LogP contribution is 2.19. The number of hydrogen-bond acceptors (Lipinski definition) is 3. The van der Waals surface area contributed by atoms with Crippen LogP contribution in [0.1, 0.15) is 24.2 Å². The van der Waals surface area contributed by atoms with Crippen molar-refractivity contribution >= 4 is 15.9 Å². The number of aliphatic hydroxyl groups is 1. The Kier molecular flexibility index (Phi) is 3.41. The fraction of sp³-hybridized carbons (Fsp3) is 0.444. The number of nitrogens with two attached hydrogens (primary N) is 1. The van der Waals surface area contributed by atoms with E-state index in [4.69, 9.17) is 5.73 Å². The summed E-state index contributed by atoms with van der Waals surface area (Å²) < 4.78 is 0.953. The molecule has 3 N–H and O–H groups in total. The lowest BCUT2D eigenvalue weighted by Crippen LogP contribution is -2.24. The Labute approximate surface area is 86.1 Å². The van der Waals surface area contributed by atoms with E-state index in [1.807, 2.05) is 13.0 Å². The highest BCUT2D eigenvalue weighted by Gasteiger charge is 2.13. The van der Waals surface area contributed by atoms with Gasteiger partial charge < -0.3 is 10.8 Å². The average molecular weight is 245 g/mol. The molecule has 4 heteroatoms. The maximum atomic E-state index is 9.26. The molecule has 0 amide bonds. The zero-order valence-corrected chi connectivity index (χ0v) is 9.25. The first-order chi connectivity index (χ1) is 6.02. The van der Waals surface area contributed by atoms with Gasteiger partial charge >= 0.3 is 0 Å². The van der Waals surface area contributed by atoms with Gasteiger partial charge in [-0.3, -0.25) is 4.98 Å². The van der Waals surface area contributed by atoms with E-state index in [0.717, 1.165) is 15.7 Å². The quantitative estimate of drug-likeness (QED) is 0.830. The van der Waals surface area contributed by atoms with E-state index in [0.29, 0.717) is 0 Å². The van der Waals surface area contributed by atoms with Crippen LogP contribution in [0.3, 0.4) is 0 Å². The Morgan fingerprint density at radius 3 is 2.69 bits per heavy atom. The van der Waals surface area contributed by atoms with Gasteiger partial charge in [-0.25, -0.2) is 0 Å². The normalized spacial score (nSPS) is 15.5. The van der Waals surface area contributed by atoms with E-state index >= 15 is 0 Å². The van der Waals surface area contributed by atoms with Gasteiger partial charge in [0.05, 0.1) is 17.8 Å². The van der Waals surface area contributed by atoms with Gasteiger partial charge in [-0.2, -0.15) is 0 Å². The minimum atomic E-state index is -0.576. The summed E-state index contributed by atoms with van der Waals surface area (Å²) in [6, 6.07) is 1.47. The van der Waals surface area contributed by atoms with Crippen molar-refractivity contribution in [3.63, 3.8) is 0 Å². The minimum Gasteiger partial charge on any atom is -0.391 e. The fourth-order valence-electron chi connectivity index (χ4n) is 0.990. The van der Waals surface area contributed by atoms with Crippen molar-refractivity contribution in [2.75, 3.05) is 0 Å². The molecule has 0 saturated heterocycles. The molecule has 0 aliphatic heterocycles. The highest BCUT2D eigenvalue weighted by atomic mass is 79.9. The van der Waals surface area contributed by atoms with E-state index in [1.54, 1.807) is 13.1 Å². The van der Waals surface area contributed by atoms with E-state index in [2.05, 4.69) is 20.9 Å². The molecule has 72 valence electrons. The molecule has 0 fully saturated rings. The van der Waals surface area contributed by atoms with Crippen molar-refractivity contribution in [1.29, 1.82) is 0 Å². The minimum absolute atomic E-state index is 0.410. The fourth-order valence-corrected chi connectivity index (χ4v) is 1.21. The predicted molar refractivity (Wildman–Crippen MR) is 55.3 cm³/mol. The van der Waals surface area contributed by atoms with Crippen LogP contribution in [0.4, 0.5) is 0 Å². The summed E-state index contributed by atoms with van der Waals surface area (Å²) >= 11 is 3.35. The summed E-state index contributed by atoms with van der Waals surface area (Å²) in [5.74, 6) is 0. The van der Waals surface area contributed by atoms with Gasteiger partial charge in [0.1, 0.15) is 0 Å². The van der Waals surface area contributed by atoms with Gasteiger partial charge in [0.2, 0.25) is 0 Å². The lowest BCUT2D eigenvalue weighted by molar-refractivity contribution is 0.162. The molecule has 0 saturated carbocycles. The molecule has 1 heterocycles. The maximum absolute atomic E-state index is 9.26. The molecule has 0 aromatic carbocycles. The molecule has 1 aromatic rings. The van der Waals surface area contributed by atoms with Gasteiger partial charge in [-0.05, 0) is 41.4 Å². The SMILES string of the molecule is Cc1cc([C@H](N)[C@@H](C)O)ncc1Br. The third-order valence-corrected chi connectivity index (χ3v) is 2.76. The van der Waals surface area contributed by atoms with Crippen molar-refractivity contribution < 1.29 is 5.11 Å². The molecule has 0 unspecified atom stereocenters. The Hall–Kier alpha value is -0.450. The maximum Gasteiger partial charge on any atom is 0.0731 e. The second-order valence-electron chi connectivity index (χ2n) is 3.12. The van der Waals surface area contributed by atoms with Crippen molar-refractivity contribution in [3.8, 4) is 0 Å². The average Bonchev–Trinajstić information content (AvgIpc) is 2.08. The van der Waals surface area contributed by atoms with Crippen molar-refractivity contribution in [3.05, 3.63) is 28.0 Å².